The van der Waals surface area contributed by atoms with E-state index in [1.807, 2.05) is 18.3 Å². The average Bonchev–Trinajstić information content (AvgIpc) is 3.02. The molecule has 3 heterocycles. The maximum atomic E-state index is 13.0. The molecule has 1 aliphatic rings. The van der Waals surface area contributed by atoms with Gasteiger partial charge in [0.25, 0.3) is 5.91 Å². The second-order valence-electron chi connectivity index (χ2n) is 8.15. The summed E-state index contributed by atoms with van der Waals surface area (Å²) in [5, 5.41) is 4.24. The zero-order chi connectivity index (χ0) is 21.5. The second-order valence-corrected chi connectivity index (χ2v) is 9.21. The number of rotatable bonds is 8. The topological polar surface area (TPSA) is 54.5 Å². The molecule has 0 bridgehead atoms. The molecule has 5 nitrogen and oxygen atoms in total. The minimum Gasteiger partial charge on any atom is -0.383 e. The van der Waals surface area contributed by atoms with Crippen molar-refractivity contribution in [1.29, 1.82) is 0 Å². The molecule has 0 unspecified atom stereocenters. The summed E-state index contributed by atoms with van der Waals surface area (Å²) in [7, 11) is 1.65. The summed E-state index contributed by atoms with van der Waals surface area (Å²) in [6, 6.07) is 14.9. The lowest BCUT2D eigenvalue weighted by molar-refractivity contribution is 0.0939. The highest BCUT2D eigenvalue weighted by Gasteiger charge is 2.26. The van der Waals surface area contributed by atoms with Gasteiger partial charge in [0.1, 0.15) is 0 Å². The van der Waals surface area contributed by atoms with Crippen molar-refractivity contribution < 1.29 is 9.53 Å². The van der Waals surface area contributed by atoms with Crippen molar-refractivity contribution in [3.63, 3.8) is 0 Å². The Kier molecular flexibility index (Phi) is 7.67. The first-order valence-electron chi connectivity index (χ1n) is 11.2. The Labute approximate surface area is 188 Å². The van der Waals surface area contributed by atoms with E-state index in [-0.39, 0.29) is 5.91 Å². The van der Waals surface area contributed by atoms with E-state index in [9.17, 15) is 4.79 Å². The van der Waals surface area contributed by atoms with Gasteiger partial charge in [0.2, 0.25) is 0 Å². The highest BCUT2D eigenvalue weighted by Crippen LogP contribution is 2.34. The molecule has 6 heteroatoms. The van der Waals surface area contributed by atoms with Gasteiger partial charge in [-0.1, -0.05) is 37.1 Å². The standard InChI is InChI=1S/C25H31N3O2S/c1-30-16-14-27-25(29)24-22(21-11-4-5-12-23(21)31-24)17-20-10-3-2-8-15-28(20)18-19-9-6-7-13-26-19/h4-7,9,11-13,20H,2-3,8,10,14-18H2,1H3,(H,27,29)/t20-/m0/s1. The van der Waals surface area contributed by atoms with Crippen LogP contribution >= 0.6 is 11.3 Å². The van der Waals surface area contributed by atoms with Crippen molar-refractivity contribution in [3.8, 4) is 0 Å². The normalized spacial score (nSPS) is 17.5. The summed E-state index contributed by atoms with van der Waals surface area (Å²) < 4.78 is 6.28. The molecule has 0 radical (unpaired) electrons. The van der Waals surface area contributed by atoms with Gasteiger partial charge in [-0.3, -0.25) is 14.7 Å². The Morgan fingerprint density at radius 3 is 2.90 bits per heavy atom. The molecule has 0 saturated carbocycles. The molecule has 2 aromatic heterocycles. The molecular formula is C25H31N3O2S. The van der Waals surface area contributed by atoms with Crippen LogP contribution in [-0.2, 0) is 17.7 Å². The summed E-state index contributed by atoms with van der Waals surface area (Å²) in [5.41, 5.74) is 2.30. The van der Waals surface area contributed by atoms with Crippen molar-refractivity contribution in [3.05, 3.63) is 64.8 Å². The number of amides is 1. The van der Waals surface area contributed by atoms with Crippen LogP contribution < -0.4 is 5.32 Å². The molecule has 1 aromatic carbocycles. The van der Waals surface area contributed by atoms with E-state index in [2.05, 4.69) is 45.5 Å². The molecule has 1 atom stereocenters. The van der Waals surface area contributed by atoms with Gasteiger partial charge >= 0.3 is 0 Å². The number of benzene rings is 1. The van der Waals surface area contributed by atoms with Gasteiger partial charge in [0.05, 0.1) is 17.2 Å². The molecule has 1 N–H and O–H groups in total. The molecule has 1 aliphatic heterocycles. The quantitative estimate of drug-likeness (QED) is 0.521. The van der Waals surface area contributed by atoms with E-state index >= 15 is 0 Å². The Morgan fingerprint density at radius 2 is 2.06 bits per heavy atom. The number of nitrogens with zero attached hydrogens (tertiary/aromatic N) is 2. The predicted molar refractivity (Wildman–Crippen MR) is 127 cm³/mol. The van der Waals surface area contributed by atoms with E-state index < -0.39 is 0 Å². The number of nitrogens with one attached hydrogen (secondary N) is 1. The molecule has 0 aliphatic carbocycles. The molecule has 1 saturated heterocycles. The number of likely N-dealkylation sites (tertiary alicyclic amines) is 1. The van der Waals surface area contributed by atoms with E-state index in [4.69, 9.17) is 4.74 Å². The monoisotopic (exact) mass is 437 g/mol. The van der Waals surface area contributed by atoms with E-state index in [1.165, 1.54) is 34.9 Å². The summed E-state index contributed by atoms with van der Waals surface area (Å²) in [5.74, 6) is 0.0122. The van der Waals surface area contributed by atoms with Crippen molar-refractivity contribution in [2.75, 3.05) is 26.8 Å². The molecule has 1 amide bonds. The van der Waals surface area contributed by atoms with E-state index in [1.54, 1.807) is 18.4 Å². The lowest BCUT2D eigenvalue weighted by atomic mass is 9.97. The van der Waals surface area contributed by atoms with Gasteiger partial charge in [0.15, 0.2) is 0 Å². The van der Waals surface area contributed by atoms with Gasteiger partial charge in [0, 0.05) is 37.1 Å². The first-order valence-corrected chi connectivity index (χ1v) is 12.0. The highest BCUT2D eigenvalue weighted by atomic mass is 32.1. The predicted octanol–water partition coefficient (Wildman–Crippen LogP) is 4.66. The van der Waals surface area contributed by atoms with Crippen molar-refractivity contribution in [2.24, 2.45) is 0 Å². The third-order valence-electron chi connectivity index (χ3n) is 6.03. The number of carbonyl (C=O) groups excluding carboxylic acids is 1. The molecule has 31 heavy (non-hydrogen) atoms. The smallest absolute Gasteiger partial charge is 0.261 e. The van der Waals surface area contributed by atoms with E-state index in [0.29, 0.717) is 19.2 Å². The first-order chi connectivity index (χ1) is 15.3. The SMILES string of the molecule is COCCNC(=O)c1sc2ccccc2c1C[C@@H]1CCCCCN1Cc1ccccn1. The third kappa shape index (κ3) is 5.50. The lowest BCUT2D eigenvalue weighted by Gasteiger charge is -2.30. The van der Waals surface area contributed by atoms with Crippen LogP contribution in [0.2, 0.25) is 0 Å². The summed E-state index contributed by atoms with van der Waals surface area (Å²) in [6.07, 6.45) is 7.64. The summed E-state index contributed by atoms with van der Waals surface area (Å²) in [4.78, 5) is 21.0. The van der Waals surface area contributed by atoms with Gasteiger partial charge < -0.3 is 10.1 Å². The summed E-state index contributed by atoms with van der Waals surface area (Å²) >= 11 is 1.61. The van der Waals surface area contributed by atoms with Crippen LogP contribution in [-0.4, -0.2) is 48.6 Å². The number of ether oxygens (including phenoxy) is 1. The van der Waals surface area contributed by atoms with Crippen LogP contribution in [0.4, 0.5) is 0 Å². The van der Waals surface area contributed by atoms with Crippen LogP contribution in [0, 0.1) is 0 Å². The van der Waals surface area contributed by atoms with Gasteiger partial charge in [-0.15, -0.1) is 11.3 Å². The maximum Gasteiger partial charge on any atom is 0.261 e. The van der Waals surface area contributed by atoms with Crippen LogP contribution in [0.3, 0.4) is 0 Å². The van der Waals surface area contributed by atoms with Crippen LogP contribution in [0.1, 0.15) is 46.6 Å². The fourth-order valence-electron chi connectivity index (χ4n) is 4.44. The lowest BCUT2D eigenvalue weighted by Crippen LogP contribution is -2.36. The number of hydrogen-bond donors (Lipinski definition) is 1. The largest absolute Gasteiger partial charge is 0.383 e. The number of pyridine rings is 1. The van der Waals surface area contributed by atoms with Crippen LogP contribution in [0.15, 0.2) is 48.7 Å². The number of methoxy groups -OCH3 is 1. The second kappa shape index (κ2) is 10.8. The van der Waals surface area contributed by atoms with Gasteiger partial charge in [-0.2, -0.15) is 0 Å². The highest BCUT2D eigenvalue weighted by molar-refractivity contribution is 7.21. The molecule has 4 rings (SSSR count). The first kappa shape index (κ1) is 21.9. The van der Waals surface area contributed by atoms with Crippen LogP contribution in [0.25, 0.3) is 10.1 Å². The van der Waals surface area contributed by atoms with Crippen molar-refractivity contribution in [2.45, 2.75) is 44.7 Å². The minimum absolute atomic E-state index is 0.0122. The molecule has 3 aromatic rings. The Morgan fingerprint density at radius 1 is 1.19 bits per heavy atom. The number of hydrogen-bond acceptors (Lipinski definition) is 5. The van der Waals surface area contributed by atoms with E-state index in [0.717, 1.165) is 36.5 Å². The zero-order valence-corrected chi connectivity index (χ0v) is 19.0. The minimum atomic E-state index is 0.0122. The summed E-state index contributed by atoms with van der Waals surface area (Å²) in [6.45, 7) is 2.99. The average molecular weight is 438 g/mol. The Hall–Kier alpha value is -2.28. The third-order valence-corrected chi connectivity index (χ3v) is 7.24. The molecule has 1 fully saturated rings. The number of thiophene rings is 1. The van der Waals surface area contributed by atoms with Crippen LogP contribution in [0.5, 0.6) is 0 Å². The fourth-order valence-corrected chi connectivity index (χ4v) is 5.59. The van der Waals surface area contributed by atoms with Gasteiger partial charge in [-0.05, 0) is 55.0 Å². The number of carbonyl (C=O) groups is 1. The molecule has 0 spiro atoms. The Bertz CT molecular complexity index is 989. The van der Waals surface area contributed by atoms with Gasteiger partial charge in [-0.25, -0.2) is 0 Å². The van der Waals surface area contributed by atoms with Crippen molar-refractivity contribution >= 4 is 27.3 Å². The number of aromatic nitrogens is 1. The zero-order valence-electron chi connectivity index (χ0n) is 18.2. The molecular weight excluding hydrogens is 406 g/mol. The maximum absolute atomic E-state index is 13.0. The Balaban J connectivity index is 1.61. The fraction of sp³-hybridized carbons (Fsp3) is 0.440. The van der Waals surface area contributed by atoms with Crippen molar-refractivity contribution in [1.82, 2.24) is 15.2 Å². The number of fused-ring (bicyclic) bond motifs is 1. The molecule has 164 valence electrons.